The topological polar surface area (TPSA) is 66.5 Å². The van der Waals surface area contributed by atoms with Gasteiger partial charge in [-0.1, -0.05) is 42.5 Å². The van der Waals surface area contributed by atoms with Crippen molar-refractivity contribution in [2.75, 3.05) is 22.4 Å². The van der Waals surface area contributed by atoms with E-state index in [-0.39, 0.29) is 12.5 Å². The van der Waals surface area contributed by atoms with E-state index in [1.54, 1.807) is 30.3 Å². The molecule has 1 N–H and O–H groups in total. The van der Waals surface area contributed by atoms with E-state index in [0.717, 1.165) is 28.8 Å². The Balaban J connectivity index is 1.62. The Morgan fingerprint density at radius 2 is 1.67 bits per heavy atom. The second-order valence-corrected chi connectivity index (χ2v) is 8.67. The number of rotatable bonds is 5. The number of benzene rings is 3. The molecule has 1 aliphatic carbocycles. The summed E-state index contributed by atoms with van der Waals surface area (Å²) in [6.45, 7) is -0.272. The molecule has 0 bridgehead atoms. The first-order chi connectivity index (χ1) is 12.9. The van der Waals surface area contributed by atoms with Crippen molar-refractivity contribution in [3.05, 3.63) is 71.8 Å². The highest BCUT2D eigenvalue weighted by molar-refractivity contribution is 7.92. The molecule has 0 aromatic heterocycles. The summed E-state index contributed by atoms with van der Waals surface area (Å²) in [7, 11) is -3.58. The van der Waals surface area contributed by atoms with E-state index in [1.165, 1.54) is 16.5 Å². The lowest BCUT2D eigenvalue weighted by Crippen LogP contribution is -2.37. The Hall–Kier alpha value is -2.86. The van der Waals surface area contributed by atoms with Gasteiger partial charge in [0.15, 0.2) is 0 Å². The highest BCUT2D eigenvalue weighted by Crippen LogP contribution is 2.35. The number of hydrogen-bond acceptors (Lipinski definition) is 3. The van der Waals surface area contributed by atoms with Crippen molar-refractivity contribution in [2.45, 2.75) is 12.8 Å². The van der Waals surface area contributed by atoms with Gasteiger partial charge in [-0.05, 0) is 47.6 Å². The number of hydrogen-bond donors (Lipinski definition) is 1. The van der Waals surface area contributed by atoms with Crippen LogP contribution in [0, 0.1) is 0 Å². The molecular formula is C21H20N2O3S. The zero-order valence-electron chi connectivity index (χ0n) is 15.0. The van der Waals surface area contributed by atoms with E-state index in [9.17, 15) is 13.2 Å². The Morgan fingerprint density at radius 1 is 0.963 bits per heavy atom. The quantitative estimate of drug-likeness (QED) is 0.738. The number of para-hydroxylation sites is 1. The Kier molecular flexibility index (Phi) is 4.36. The molecule has 0 fully saturated rings. The van der Waals surface area contributed by atoms with Gasteiger partial charge in [-0.3, -0.25) is 9.10 Å². The first kappa shape index (κ1) is 17.5. The van der Waals surface area contributed by atoms with E-state index in [1.807, 2.05) is 24.3 Å². The molecule has 0 saturated carbocycles. The fourth-order valence-electron chi connectivity index (χ4n) is 3.67. The van der Waals surface area contributed by atoms with Crippen LogP contribution < -0.4 is 9.62 Å². The van der Waals surface area contributed by atoms with Gasteiger partial charge in [-0.2, -0.15) is 0 Å². The smallest absolute Gasteiger partial charge is 0.245 e. The van der Waals surface area contributed by atoms with Crippen molar-refractivity contribution in [1.29, 1.82) is 0 Å². The van der Waals surface area contributed by atoms with Crippen LogP contribution in [-0.2, 0) is 27.7 Å². The predicted octanol–water partition coefficient (Wildman–Crippen LogP) is 3.34. The summed E-state index contributed by atoms with van der Waals surface area (Å²) in [5.74, 6) is -0.372. The van der Waals surface area contributed by atoms with Gasteiger partial charge in [-0.25, -0.2) is 8.42 Å². The third kappa shape index (κ3) is 3.40. The maximum Gasteiger partial charge on any atom is 0.245 e. The van der Waals surface area contributed by atoms with Crippen molar-refractivity contribution in [2.24, 2.45) is 0 Å². The minimum atomic E-state index is -3.58. The fraction of sp³-hybridized carbons (Fsp3) is 0.190. The van der Waals surface area contributed by atoms with Crippen LogP contribution in [0.3, 0.4) is 0 Å². The van der Waals surface area contributed by atoms with Crippen LogP contribution in [0.1, 0.15) is 11.1 Å². The lowest BCUT2D eigenvalue weighted by atomic mass is 10.0. The Bertz CT molecular complexity index is 1110. The fourth-order valence-corrected chi connectivity index (χ4v) is 4.53. The maximum absolute atomic E-state index is 12.7. The van der Waals surface area contributed by atoms with Crippen molar-refractivity contribution >= 4 is 38.1 Å². The predicted molar refractivity (Wildman–Crippen MR) is 109 cm³/mol. The standard InChI is InChI=1S/C21H20N2O3S/c1-27(25,26)23(17-7-3-2-4-8-17)14-20(24)22-19-13-12-16-11-10-15-6-5-9-18(19)21(15)16/h2-9,12-13H,10-11,14H2,1H3,(H,22,24). The molecule has 0 heterocycles. The molecule has 0 spiro atoms. The Labute approximate surface area is 158 Å². The van der Waals surface area contributed by atoms with Gasteiger partial charge in [0, 0.05) is 11.1 Å². The van der Waals surface area contributed by atoms with Crippen molar-refractivity contribution in [3.63, 3.8) is 0 Å². The molecule has 0 radical (unpaired) electrons. The summed E-state index contributed by atoms with van der Waals surface area (Å²) < 4.78 is 25.5. The van der Waals surface area contributed by atoms with Gasteiger partial charge in [0.1, 0.15) is 6.54 Å². The molecular weight excluding hydrogens is 360 g/mol. The first-order valence-electron chi connectivity index (χ1n) is 8.79. The number of carbonyl (C=O) groups is 1. The maximum atomic E-state index is 12.7. The molecule has 0 atom stereocenters. The van der Waals surface area contributed by atoms with Crippen LogP contribution in [0.25, 0.3) is 10.8 Å². The molecule has 27 heavy (non-hydrogen) atoms. The number of sulfonamides is 1. The van der Waals surface area contributed by atoms with Crippen molar-refractivity contribution in [1.82, 2.24) is 0 Å². The number of nitrogens with one attached hydrogen (secondary N) is 1. The zero-order chi connectivity index (χ0) is 19.0. The molecule has 138 valence electrons. The van der Waals surface area contributed by atoms with Gasteiger partial charge in [-0.15, -0.1) is 0 Å². The second kappa shape index (κ2) is 6.70. The molecule has 0 aliphatic heterocycles. The normalized spacial score (nSPS) is 12.9. The van der Waals surface area contributed by atoms with E-state index in [4.69, 9.17) is 0 Å². The molecule has 1 amide bonds. The van der Waals surface area contributed by atoms with Crippen LogP contribution in [0.15, 0.2) is 60.7 Å². The van der Waals surface area contributed by atoms with Gasteiger partial charge in [0.2, 0.25) is 15.9 Å². The number of nitrogens with zero attached hydrogens (tertiary/aromatic N) is 1. The first-order valence-corrected chi connectivity index (χ1v) is 10.6. The minimum Gasteiger partial charge on any atom is -0.324 e. The van der Waals surface area contributed by atoms with Crippen LogP contribution in [0.2, 0.25) is 0 Å². The number of anilines is 2. The summed E-state index contributed by atoms with van der Waals surface area (Å²) in [5, 5.41) is 5.10. The molecule has 3 aromatic rings. The van der Waals surface area contributed by atoms with E-state index in [0.29, 0.717) is 11.4 Å². The SMILES string of the molecule is CS(=O)(=O)N(CC(=O)Nc1ccc2c3c(cccc13)CC2)c1ccccc1. The van der Waals surface area contributed by atoms with Gasteiger partial charge >= 0.3 is 0 Å². The summed E-state index contributed by atoms with van der Waals surface area (Å²) in [6, 6.07) is 18.7. The molecule has 0 saturated heterocycles. The average molecular weight is 380 g/mol. The molecule has 6 heteroatoms. The lowest BCUT2D eigenvalue weighted by Gasteiger charge is -2.22. The number of amides is 1. The third-order valence-electron chi connectivity index (χ3n) is 4.88. The molecule has 5 nitrogen and oxygen atoms in total. The van der Waals surface area contributed by atoms with E-state index < -0.39 is 10.0 Å². The summed E-state index contributed by atoms with van der Waals surface area (Å²) in [6.07, 6.45) is 3.13. The van der Waals surface area contributed by atoms with Gasteiger partial charge < -0.3 is 5.32 Å². The highest BCUT2D eigenvalue weighted by atomic mass is 32.2. The summed E-state index contributed by atoms with van der Waals surface area (Å²) in [4.78, 5) is 12.7. The van der Waals surface area contributed by atoms with Crippen LogP contribution in [0.5, 0.6) is 0 Å². The van der Waals surface area contributed by atoms with Gasteiger partial charge in [0.05, 0.1) is 11.9 Å². The minimum absolute atomic E-state index is 0.272. The largest absolute Gasteiger partial charge is 0.324 e. The highest BCUT2D eigenvalue weighted by Gasteiger charge is 2.22. The second-order valence-electron chi connectivity index (χ2n) is 6.77. The molecule has 0 unspecified atom stereocenters. The summed E-state index contributed by atoms with van der Waals surface area (Å²) >= 11 is 0. The summed E-state index contributed by atoms with van der Waals surface area (Å²) in [5.41, 5.74) is 3.76. The van der Waals surface area contributed by atoms with Crippen molar-refractivity contribution < 1.29 is 13.2 Å². The molecule has 4 rings (SSSR count). The van der Waals surface area contributed by atoms with Crippen molar-refractivity contribution in [3.8, 4) is 0 Å². The van der Waals surface area contributed by atoms with Crippen LogP contribution in [-0.4, -0.2) is 27.1 Å². The molecule has 3 aromatic carbocycles. The number of carbonyl (C=O) groups excluding carboxylic acids is 1. The number of aryl methyl sites for hydroxylation is 2. The van der Waals surface area contributed by atoms with Gasteiger partial charge in [0.25, 0.3) is 0 Å². The lowest BCUT2D eigenvalue weighted by molar-refractivity contribution is -0.114. The average Bonchev–Trinajstić information content (AvgIpc) is 3.07. The van der Waals surface area contributed by atoms with E-state index >= 15 is 0 Å². The van der Waals surface area contributed by atoms with Crippen LogP contribution in [0.4, 0.5) is 11.4 Å². The third-order valence-corrected chi connectivity index (χ3v) is 6.02. The monoisotopic (exact) mass is 380 g/mol. The zero-order valence-corrected chi connectivity index (χ0v) is 15.8. The van der Waals surface area contributed by atoms with E-state index in [2.05, 4.69) is 11.4 Å². The van der Waals surface area contributed by atoms with Crippen LogP contribution >= 0.6 is 0 Å². The Morgan fingerprint density at radius 3 is 2.37 bits per heavy atom. The molecule has 1 aliphatic rings.